The first-order valence-electron chi connectivity index (χ1n) is 41.2. The number of anilines is 7. The lowest BCUT2D eigenvalue weighted by molar-refractivity contribution is -0.144. The predicted molar refractivity (Wildman–Crippen MR) is 510 cm³/mol. The maximum absolute atomic E-state index is 12.7. The molecule has 0 unspecified atom stereocenters. The molecule has 1 saturated carbocycles. The fraction of sp³-hybridized carbons (Fsp3) is 0.654. The Morgan fingerprint density at radius 2 is 0.775 bits per heavy atom. The Morgan fingerprint density at radius 1 is 0.504 bits per heavy atom. The molecule has 6 fully saturated rings. The van der Waals surface area contributed by atoms with Gasteiger partial charge in [-0.1, -0.05) is 51.9 Å². The van der Waals surface area contributed by atoms with Crippen molar-refractivity contribution >= 4 is 113 Å². The van der Waals surface area contributed by atoms with Crippen molar-refractivity contribution in [1.29, 1.82) is 5.16 Å². The maximum Gasteiger partial charge on any atom is 0.457 e. The molecule has 8 atom stereocenters. The van der Waals surface area contributed by atoms with E-state index in [9.17, 15) is 77.8 Å². The normalized spacial score (nSPS) is 22.6. The van der Waals surface area contributed by atoms with Crippen LogP contribution in [0.3, 0.4) is 0 Å². The van der Waals surface area contributed by atoms with Crippen molar-refractivity contribution in [2.24, 2.45) is 44.1 Å². The molecule has 5 heterocycles. The third kappa shape index (κ3) is 23.4. The molecule has 48 heteroatoms. The maximum atomic E-state index is 12.7. The number of hydrogen-bond donors (Lipinski definition) is 3. The molecule has 6 aliphatic rings. The smallest absolute Gasteiger partial charge is 0.457 e. The summed E-state index contributed by atoms with van der Waals surface area (Å²) in [6.07, 6.45) is 10.7. The van der Waals surface area contributed by atoms with Crippen LogP contribution in [-0.2, 0) is 37.8 Å². The van der Waals surface area contributed by atoms with Crippen LogP contribution in [0.5, 0.6) is 17.2 Å². The Hall–Kier alpha value is -10.6. The highest BCUT2D eigenvalue weighted by atomic mass is 127. The number of allylic oxidation sites excluding steroid dienone is 2. The van der Waals surface area contributed by atoms with Crippen LogP contribution in [0, 0.1) is 28.8 Å². The number of rotatable bonds is 31. The Kier molecular flexibility index (Phi) is 39.7. The van der Waals surface area contributed by atoms with E-state index in [2.05, 4.69) is 68.1 Å². The minimum Gasteiger partial charge on any atom is -0.491 e. The van der Waals surface area contributed by atoms with E-state index >= 15 is 0 Å². The van der Waals surface area contributed by atoms with Crippen LogP contribution in [0.15, 0.2) is 93.7 Å². The molecule has 1 aliphatic carbocycles. The second kappa shape index (κ2) is 46.3. The SMILES string of the molecule is C=CC[C@H]1CCC[C@@]1(N=[N+]=[N-])C(C)=O.C=CC[C@H]1CN(c2c(N(C)C)c(=O)c2=O)C[C@@]1(N=[N+]=[N-])C(C)=O.CC(=O)[C@]1(N=[N+]=[N-])CN(c2c(N(C)C)c(=O)c2=O)C[C@@H]1CCCB1OC(C)(C)C(C)(C)O1.CN(C)c1c(N2C[C@H](CCCB3OC(C)(C)C(C)(C)O3)[C@](N=[N+]=[N-])(C(=O)O)C2)c(=O)c1=O.CNC.COc1c(N(C)C)c(=O)c1=O.COc1c(OC)c(=O)c1=O.N=P[B]I. The first-order chi connectivity index (χ1) is 60.1. The number of carboxylic acids is 1. The van der Waals surface area contributed by atoms with Gasteiger partial charge in [0.05, 0.1) is 43.7 Å². The Bertz CT molecular complexity index is 5240. The minimum absolute atomic E-state index is 0.0142. The van der Waals surface area contributed by atoms with E-state index in [1.165, 1.54) is 42.1 Å². The lowest BCUT2D eigenvalue weighted by atomic mass is 9.77. The van der Waals surface area contributed by atoms with Crippen LogP contribution in [0.4, 0.5) is 39.8 Å². The van der Waals surface area contributed by atoms with Crippen molar-refractivity contribution < 1.29 is 57.1 Å². The van der Waals surface area contributed by atoms with E-state index < -0.39 is 118 Å². The van der Waals surface area contributed by atoms with Gasteiger partial charge >= 0.3 is 20.2 Å². The summed E-state index contributed by atoms with van der Waals surface area (Å²) in [5.41, 5.74) is 25.3. The van der Waals surface area contributed by atoms with Gasteiger partial charge in [0, 0.05) is 121 Å². The lowest BCUT2D eigenvalue weighted by Gasteiger charge is -2.32. The van der Waals surface area contributed by atoms with Crippen molar-refractivity contribution in [1.82, 2.24) is 5.32 Å². The molecule has 43 nitrogen and oxygen atoms in total. The van der Waals surface area contributed by atoms with Gasteiger partial charge in [-0.25, -0.2) is 0 Å². The monoisotopic (exact) mass is 1930 g/mol. The lowest BCUT2D eigenvalue weighted by Crippen LogP contribution is -2.47. The molecular weight excluding hydrogens is 1810 g/mol. The van der Waals surface area contributed by atoms with Crippen molar-refractivity contribution in [2.45, 2.75) is 191 Å². The van der Waals surface area contributed by atoms with Crippen LogP contribution in [-0.4, -0.2) is 223 Å². The van der Waals surface area contributed by atoms with E-state index in [0.29, 0.717) is 101 Å². The number of nitrogens with one attached hydrogen (secondary N) is 2. The summed E-state index contributed by atoms with van der Waals surface area (Å²) in [5, 5.41) is 34.2. The van der Waals surface area contributed by atoms with E-state index in [-0.39, 0.29) is 97.0 Å². The number of nitrogens with zero attached hydrogens (tertiary/aromatic N) is 19. The van der Waals surface area contributed by atoms with E-state index in [0.717, 1.165) is 19.3 Å². The Balaban J connectivity index is 0.000000334. The summed E-state index contributed by atoms with van der Waals surface area (Å²) in [7, 11) is 21.1. The van der Waals surface area contributed by atoms with Gasteiger partial charge in [0.2, 0.25) is 11.5 Å². The molecule has 0 bridgehead atoms. The number of ether oxygens (including phenoxy) is 3. The van der Waals surface area contributed by atoms with Crippen molar-refractivity contribution in [3.8, 4) is 17.2 Å². The number of ketones is 3. The highest BCUT2D eigenvalue weighted by molar-refractivity contribution is 14.1. The van der Waals surface area contributed by atoms with Crippen LogP contribution >= 0.6 is 30.6 Å². The predicted octanol–water partition coefficient (Wildman–Crippen LogP) is 8.24. The van der Waals surface area contributed by atoms with Gasteiger partial charge in [0.1, 0.15) is 73.8 Å². The number of aliphatic carboxylic acids is 1. The number of methoxy groups -OCH3 is 3. The number of carboxylic acid groups (broad SMARTS) is 1. The molecule has 5 saturated heterocycles. The van der Waals surface area contributed by atoms with Crippen LogP contribution in [0.1, 0.15) is 134 Å². The van der Waals surface area contributed by atoms with Crippen LogP contribution < -0.4 is 108 Å². The zero-order valence-corrected chi connectivity index (χ0v) is 81.0. The van der Waals surface area contributed by atoms with E-state index in [1.807, 2.05) is 91.9 Å². The molecule has 0 amide bonds. The summed E-state index contributed by atoms with van der Waals surface area (Å²) in [5.74, 6) is -2.53. The highest BCUT2D eigenvalue weighted by Gasteiger charge is 2.58. The van der Waals surface area contributed by atoms with Crippen molar-refractivity contribution in [2.75, 3.05) is 165 Å². The van der Waals surface area contributed by atoms with Gasteiger partial charge in [-0.3, -0.25) is 72.3 Å². The average molecular weight is 1930 g/mol. The molecule has 5 aliphatic heterocycles. The zero-order chi connectivity index (χ0) is 98.5. The largest absolute Gasteiger partial charge is 0.491 e. The molecular formula is C81H119B3IN21O22P. The van der Waals surface area contributed by atoms with Gasteiger partial charge in [-0.15, -0.1) is 35.5 Å². The Morgan fingerprint density at radius 3 is 1.05 bits per heavy atom. The van der Waals surface area contributed by atoms with Crippen LogP contribution in [0.2, 0.25) is 12.6 Å². The van der Waals surface area contributed by atoms with Gasteiger partial charge in [0.25, 0.3) is 59.1 Å². The molecule has 0 aromatic heterocycles. The van der Waals surface area contributed by atoms with Gasteiger partial charge < -0.3 is 77.6 Å². The molecule has 129 heavy (non-hydrogen) atoms. The molecule has 0 spiro atoms. The van der Waals surface area contributed by atoms with Gasteiger partial charge in [-0.2, -0.15) is 0 Å². The fourth-order valence-electron chi connectivity index (χ4n) is 16.6. The van der Waals surface area contributed by atoms with Gasteiger partial charge in [0.15, 0.2) is 11.3 Å². The quantitative estimate of drug-likeness (QED) is 0.00549. The van der Waals surface area contributed by atoms with Crippen molar-refractivity contribution in [3.05, 3.63) is 169 Å². The topological polar surface area (TPSA) is 577 Å². The third-order valence-corrected chi connectivity index (χ3v) is 25.6. The molecule has 1 radical (unpaired) electrons. The summed E-state index contributed by atoms with van der Waals surface area (Å²) in [6.45, 7) is 28.4. The zero-order valence-electron chi connectivity index (χ0n) is 78.0. The number of carbonyl (C=O) groups excluding carboxylic acids is 3. The average Bonchev–Trinajstić information content (AvgIpc) is 1.58. The number of hydrogen-bond acceptors (Lipinski definition) is 34. The summed E-state index contributed by atoms with van der Waals surface area (Å²) >= 11 is 2.03. The minimum atomic E-state index is -1.73. The van der Waals surface area contributed by atoms with Crippen LogP contribution in [0.25, 0.3) is 41.8 Å². The standard InChI is InChI=1S/C21H32BN5O5.C20H30BN5O6.C15H19N5O3.C10H15N3O.C7H9NO3.C6H6O4.C2H7N.BHINP/c1-13(28)21(24-25-23)12-27(16-15(26(6)7)17(29)18(16)30)11-14(21)9-8-10-22-31-19(2,3)20(4,5)32-22;1-18(2)19(3,4)32-21(31-18)9-7-8-12-10-26(11-20(12,17(29)30)23-24-22)14-13(25(5)6)15(27)16(14)28;1-5-6-10-7-20(8-15(10,9(2)21)17-18-16)12-11(19(3)4)13(22)14(12)23;1-3-5-9-6-4-7-10(9,8(2)14)12-13-11;1-8(2)4-5(9)6(10)7(4)11-3;1-9-5-3(7)4(8)6(5)10-2;1-3-2;2-1-4-3/h14H,8-12H2,1-7H3;12H,7-11H2,1-6H3,(H,29,30);5,10H,1,6-8H2,2-4H3;3,9H,1,4-7H2,2H3;1-3H3;1-2H3;3H,1-2H3;3H/t14-,21+;12-,20-;10-,15+;9-,10+;;;;/m0000..../s1. The summed E-state index contributed by atoms with van der Waals surface area (Å²) in [6, 6.07) is 0. The first kappa shape index (κ1) is 111. The fourth-order valence-corrected chi connectivity index (χ4v) is 16.6. The molecule has 3 N–H and O–H groups in total. The molecule has 5 aromatic rings. The van der Waals surface area contributed by atoms with Gasteiger partial charge in [-0.05, 0) is 190 Å². The summed E-state index contributed by atoms with van der Waals surface area (Å²) in [4.78, 5) is 188. The number of halogens is 1. The van der Waals surface area contributed by atoms with E-state index in [1.54, 1.807) is 108 Å². The third-order valence-electron chi connectivity index (χ3n) is 24.7. The second-order valence-electron chi connectivity index (χ2n) is 34.7. The van der Waals surface area contributed by atoms with E-state index in [4.69, 9.17) is 45.1 Å². The Labute approximate surface area is 763 Å². The number of azide groups is 4. The number of Topliss-reactive ketones (excluding diaryl/α,β-unsaturated/α-hetero) is 3. The molecule has 5 aromatic carbocycles. The molecule has 701 valence electrons. The first-order valence-corrected chi connectivity index (χ1v) is 43.4. The summed E-state index contributed by atoms with van der Waals surface area (Å²) < 4.78 is 37.9. The van der Waals surface area contributed by atoms with Crippen molar-refractivity contribution in [3.63, 3.8) is 0 Å². The highest BCUT2D eigenvalue weighted by Crippen LogP contribution is 2.47. The number of carbonyl (C=O) groups is 4. The second-order valence-corrected chi connectivity index (χ2v) is 36.8. The molecule has 11 rings (SSSR count).